The second-order valence-electron chi connectivity index (χ2n) is 4.63. The molecule has 0 bridgehead atoms. The largest absolute Gasteiger partial charge is 0.340 e. The van der Waals surface area contributed by atoms with E-state index in [1.807, 2.05) is 29.3 Å². The average molecular weight is 280 g/mol. The van der Waals surface area contributed by atoms with E-state index in [2.05, 4.69) is 18.8 Å². The fraction of sp³-hybridized carbons (Fsp3) is 0.385. The summed E-state index contributed by atoms with van der Waals surface area (Å²) >= 11 is 3.16. The Morgan fingerprint density at radius 3 is 2.83 bits per heavy atom. The van der Waals surface area contributed by atoms with Gasteiger partial charge >= 0.3 is 0 Å². The number of nitrogens with zero attached hydrogens (tertiary/aromatic N) is 2. The van der Waals surface area contributed by atoms with Crippen LogP contribution in [0.15, 0.2) is 22.2 Å². The Bertz CT molecular complexity index is 517. The minimum Gasteiger partial charge on any atom is -0.340 e. The lowest BCUT2D eigenvalue weighted by Crippen LogP contribution is -2.30. The summed E-state index contributed by atoms with van der Waals surface area (Å²) in [5, 5.41) is 6.82. The van der Waals surface area contributed by atoms with Crippen LogP contribution in [-0.4, -0.2) is 29.4 Å². The van der Waals surface area contributed by atoms with Gasteiger partial charge in [0.2, 0.25) is 0 Å². The van der Waals surface area contributed by atoms with Gasteiger partial charge in [0, 0.05) is 29.9 Å². The molecular formula is C13H16N2OS2. The number of hydrogen-bond acceptors (Lipinski definition) is 4. The summed E-state index contributed by atoms with van der Waals surface area (Å²) in [6.07, 6.45) is 0. The highest BCUT2D eigenvalue weighted by Crippen LogP contribution is 2.26. The summed E-state index contributed by atoms with van der Waals surface area (Å²) in [5.41, 5.74) is 1.64. The zero-order valence-corrected chi connectivity index (χ0v) is 12.3. The SMILES string of the molecule is CC(C)CN(C)C(=O)c1csc(-c2ccsc2)n1. The van der Waals surface area contributed by atoms with E-state index in [1.165, 1.54) is 11.3 Å². The Morgan fingerprint density at radius 1 is 1.44 bits per heavy atom. The van der Waals surface area contributed by atoms with Crippen molar-refractivity contribution in [2.75, 3.05) is 13.6 Å². The van der Waals surface area contributed by atoms with Gasteiger partial charge in [-0.1, -0.05) is 13.8 Å². The molecule has 5 heteroatoms. The molecule has 2 rings (SSSR count). The highest BCUT2D eigenvalue weighted by atomic mass is 32.1. The first-order valence-electron chi connectivity index (χ1n) is 5.81. The first kappa shape index (κ1) is 13.2. The van der Waals surface area contributed by atoms with Crippen molar-refractivity contribution >= 4 is 28.6 Å². The fourth-order valence-corrected chi connectivity index (χ4v) is 3.22. The maximum atomic E-state index is 12.1. The van der Waals surface area contributed by atoms with Crippen LogP contribution in [0.4, 0.5) is 0 Å². The Labute approximate surface area is 115 Å². The maximum absolute atomic E-state index is 12.1. The summed E-state index contributed by atoms with van der Waals surface area (Å²) in [6, 6.07) is 2.02. The third kappa shape index (κ3) is 2.97. The monoisotopic (exact) mass is 280 g/mol. The molecule has 0 aliphatic carbocycles. The van der Waals surface area contributed by atoms with Crippen LogP contribution < -0.4 is 0 Å². The first-order valence-corrected chi connectivity index (χ1v) is 7.63. The van der Waals surface area contributed by atoms with Crippen molar-refractivity contribution < 1.29 is 4.79 Å². The lowest BCUT2D eigenvalue weighted by atomic mass is 10.2. The number of thiophene rings is 1. The summed E-state index contributed by atoms with van der Waals surface area (Å²) in [4.78, 5) is 18.3. The van der Waals surface area contributed by atoms with Crippen LogP contribution in [-0.2, 0) is 0 Å². The van der Waals surface area contributed by atoms with Crippen LogP contribution in [0.3, 0.4) is 0 Å². The van der Waals surface area contributed by atoms with Crippen LogP contribution in [0, 0.1) is 5.92 Å². The van der Waals surface area contributed by atoms with Crippen molar-refractivity contribution in [3.05, 3.63) is 27.9 Å². The third-order valence-corrected chi connectivity index (χ3v) is 4.05. The van der Waals surface area contributed by atoms with Gasteiger partial charge in [-0.05, 0) is 17.4 Å². The number of rotatable bonds is 4. The van der Waals surface area contributed by atoms with Gasteiger partial charge in [-0.25, -0.2) is 4.98 Å². The van der Waals surface area contributed by atoms with Gasteiger partial charge in [0.05, 0.1) is 0 Å². The second kappa shape index (κ2) is 5.63. The van der Waals surface area contributed by atoms with Gasteiger partial charge in [-0.15, -0.1) is 11.3 Å². The van der Waals surface area contributed by atoms with Crippen LogP contribution in [0.5, 0.6) is 0 Å². The maximum Gasteiger partial charge on any atom is 0.273 e. The Morgan fingerprint density at radius 2 is 2.22 bits per heavy atom. The molecule has 96 valence electrons. The van der Waals surface area contributed by atoms with Crippen molar-refractivity contribution in [1.29, 1.82) is 0 Å². The molecule has 0 fully saturated rings. The molecule has 0 spiro atoms. The summed E-state index contributed by atoms with van der Waals surface area (Å²) < 4.78 is 0. The first-order chi connectivity index (χ1) is 8.58. The van der Waals surface area contributed by atoms with E-state index < -0.39 is 0 Å². The highest BCUT2D eigenvalue weighted by molar-refractivity contribution is 7.14. The summed E-state index contributed by atoms with van der Waals surface area (Å²) in [7, 11) is 1.83. The van der Waals surface area contributed by atoms with Crippen LogP contribution in [0.1, 0.15) is 24.3 Å². The van der Waals surface area contributed by atoms with Gasteiger partial charge in [-0.3, -0.25) is 4.79 Å². The van der Waals surface area contributed by atoms with Gasteiger partial charge in [-0.2, -0.15) is 11.3 Å². The molecule has 0 N–H and O–H groups in total. The quantitative estimate of drug-likeness (QED) is 0.857. The Hall–Kier alpha value is -1.20. The smallest absolute Gasteiger partial charge is 0.273 e. The number of carbonyl (C=O) groups excluding carboxylic acids is 1. The molecule has 0 aliphatic heterocycles. The number of aromatic nitrogens is 1. The predicted molar refractivity (Wildman–Crippen MR) is 77.2 cm³/mol. The number of hydrogen-bond donors (Lipinski definition) is 0. The molecule has 0 atom stereocenters. The molecule has 2 aromatic rings. The molecule has 1 amide bonds. The fourth-order valence-electron chi connectivity index (χ4n) is 1.72. The molecule has 0 unspecified atom stereocenters. The number of carbonyl (C=O) groups is 1. The molecule has 0 saturated heterocycles. The Kier molecular flexibility index (Phi) is 4.14. The minimum absolute atomic E-state index is 0.00132. The molecule has 2 heterocycles. The molecule has 2 aromatic heterocycles. The molecule has 0 radical (unpaired) electrons. The van der Waals surface area contributed by atoms with Crippen molar-refractivity contribution in [2.45, 2.75) is 13.8 Å². The van der Waals surface area contributed by atoms with Gasteiger partial charge in [0.15, 0.2) is 0 Å². The van der Waals surface area contributed by atoms with Crippen molar-refractivity contribution in [3.8, 4) is 10.6 Å². The van der Waals surface area contributed by atoms with E-state index in [1.54, 1.807) is 16.2 Å². The second-order valence-corrected chi connectivity index (χ2v) is 6.27. The van der Waals surface area contributed by atoms with Gasteiger partial charge in [0.25, 0.3) is 5.91 Å². The van der Waals surface area contributed by atoms with Crippen molar-refractivity contribution in [3.63, 3.8) is 0 Å². The zero-order valence-electron chi connectivity index (χ0n) is 10.7. The molecule has 0 aromatic carbocycles. The van der Waals surface area contributed by atoms with Crippen LogP contribution in [0.25, 0.3) is 10.6 Å². The van der Waals surface area contributed by atoms with E-state index in [4.69, 9.17) is 0 Å². The lowest BCUT2D eigenvalue weighted by molar-refractivity contribution is 0.0774. The van der Waals surface area contributed by atoms with Crippen molar-refractivity contribution in [2.24, 2.45) is 5.92 Å². The average Bonchev–Trinajstić information content (AvgIpc) is 2.97. The highest BCUT2D eigenvalue weighted by Gasteiger charge is 2.16. The predicted octanol–water partition coefficient (Wildman–Crippen LogP) is 3.60. The molecule has 0 saturated carbocycles. The Balaban J connectivity index is 2.13. The van der Waals surface area contributed by atoms with E-state index in [0.29, 0.717) is 11.6 Å². The summed E-state index contributed by atoms with van der Waals surface area (Å²) in [6.45, 7) is 4.95. The molecule has 18 heavy (non-hydrogen) atoms. The number of thiazole rings is 1. The third-order valence-electron chi connectivity index (χ3n) is 2.48. The minimum atomic E-state index is 0.00132. The van der Waals surface area contributed by atoms with Crippen molar-refractivity contribution in [1.82, 2.24) is 9.88 Å². The van der Waals surface area contributed by atoms with E-state index in [9.17, 15) is 4.79 Å². The standard InChI is InChI=1S/C13H16N2OS2/c1-9(2)6-15(3)13(16)11-8-18-12(14-11)10-4-5-17-7-10/h4-5,7-9H,6H2,1-3H3. The van der Waals surface area contributed by atoms with E-state index in [0.717, 1.165) is 17.1 Å². The zero-order chi connectivity index (χ0) is 13.1. The normalized spacial score (nSPS) is 10.9. The molecule has 3 nitrogen and oxygen atoms in total. The number of amides is 1. The van der Waals surface area contributed by atoms with E-state index in [-0.39, 0.29) is 5.91 Å². The molecular weight excluding hydrogens is 264 g/mol. The van der Waals surface area contributed by atoms with Crippen LogP contribution in [0.2, 0.25) is 0 Å². The summed E-state index contributed by atoms with van der Waals surface area (Å²) in [5.74, 6) is 0.468. The van der Waals surface area contributed by atoms with Gasteiger partial charge < -0.3 is 4.90 Å². The van der Waals surface area contributed by atoms with E-state index >= 15 is 0 Å². The lowest BCUT2D eigenvalue weighted by Gasteiger charge is -2.17. The topological polar surface area (TPSA) is 33.2 Å². The van der Waals surface area contributed by atoms with Gasteiger partial charge in [0.1, 0.15) is 10.7 Å². The molecule has 0 aliphatic rings. The van der Waals surface area contributed by atoms with Crippen LogP contribution >= 0.6 is 22.7 Å².